The lowest BCUT2D eigenvalue weighted by atomic mass is 10.1. The summed E-state index contributed by atoms with van der Waals surface area (Å²) in [6.45, 7) is 5.15. The lowest BCUT2D eigenvalue weighted by Gasteiger charge is -2.30. The second-order valence-corrected chi connectivity index (χ2v) is 7.76. The van der Waals surface area contributed by atoms with Crippen molar-refractivity contribution in [1.82, 2.24) is 14.8 Å². The van der Waals surface area contributed by atoms with Crippen LogP contribution in [0.4, 0.5) is 0 Å². The minimum atomic E-state index is -0.163. The van der Waals surface area contributed by atoms with Gasteiger partial charge in [0.15, 0.2) is 29.3 Å². The molecule has 0 unspecified atom stereocenters. The number of hydrogen-bond acceptors (Lipinski definition) is 7. The Labute approximate surface area is 186 Å². The molecule has 0 aliphatic carbocycles. The van der Waals surface area contributed by atoms with Crippen molar-refractivity contribution in [3.8, 4) is 22.8 Å². The zero-order chi connectivity index (χ0) is 21.8. The van der Waals surface area contributed by atoms with E-state index in [1.807, 2.05) is 53.4 Å². The molecule has 1 fully saturated rings. The molecule has 2 aliphatic heterocycles. The number of carbonyl (C=O) groups excluding carboxylic acids is 1. The molecule has 0 spiro atoms. The normalized spacial score (nSPS) is 15.6. The Morgan fingerprint density at radius 3 is 2.69 bits per heavy atom. The van der Waals surface area contributed by atoms with Crippen LogP contribution in [0.2, 0.25) is 0 Å². The smallest absolute Gasteiger partial charge is 0.276 e. The summed E-state index contributed by atoms with van der Waals surface area (Å²) in [4.78, 5) is 22.0. The van der Waals surface area contributed by atoms with Crippen molar-refractivity contribution in [2.45, 2.75) is 6.54 Å². The highest BCUT2D eigenvalue weighted by Crippen LogP contribution is 2.33. The molecule has 1 saturated heterocycles. The van der Waals surface area contributed by atoms with E-state index < -0.39 is 0 Å². The Kier molecular flexibility index (Phi) is 6.04. The van der Waals surface area contributed by atoms with Gasteiger partial charge in [0.1, 0.15) is 0 Å². The fraction of sp³-hybridized carbons (Fsp3) is 0.333. The van der Waals surface area contributed by atoms with Crippen molar-refractivity contribution in [3.05, 3.63) is 66.2 Å². The first kappa shape index (κ1) is 20.5. The molecule has 8 heteroatoms. The third-order valence-electron chi connectivity index (χ3n) is 5.69. The third kappa shape index (κ3) is 4.46. The van der Waals surface area contributed by atoms with Crippen LogP contribution in [0.5, 0.6) is 11.5 Å². The van der Waals surface area contributed by atoms with Gasteiger partial charge in [-0.05, 0) is 17.7 Å². The van der Waals surface area contributed by atoms with Crippen molar-refractivity contribution in [1.29, 1.82) is 0 Å². The predicted molar refractivity (Wildman–Crippen MR) is 117 cm³/mol. The molecule has 8 nitrogen and oxygen atoms in total. The van der Waals surface area contributed by atoms with Gasteiger partial charge in [0.05, 0.1) is 13.2 Å². The van der Waals surface area contributed by atoms with Crippen LogP contribution < -0.4 is 9.47 Å². The monoisotopic (exact) mass is 435 g/mol. The highest BCUT2D eigenvalue weighted by Gasteiger charge is 2.25. The van der Waals surface area contributed by atoms with Crippen molar-refractivity contribution < 1.29 is 23.4 Å². The molecule has 5 rings (SSSR count). The summed E-state index contributed by atoms with van der Waals surface area (Å²) in [5, 5.41) is 0. The Morgan fingerprint density at radius 2 is 1.84 bits per heavy atom. The quantitative estimate of drug-likeness (QED) is 0.565. The Bertz CT molecular complexity index is 1060. The summed E-state index contributed by atoms with van der Waals surface area (Å²) in [5.74, 6) is 1.75. The van der Waals surface area contributed by atoms with Crippen LogP contribution >= 0.6 is 0 Å². The number of benzene rings is 2. The fourth-order valence-electron chi connectivity index (χ4n) is 3.94. The summed E-state index contributed by atoms with van der Waals surface area (Å²) in [5.41, 5.74) is 2.11. The molecule has 2 aromatic carbocycles. The van der Waals surface area contributed by atoms with E-state index >= 15 is 0 Å². The summed E-state index contributed by atoms with van der Waals surface area (Å²) in [6.07, 6.45) is 1.33. The van der Waals surface area contributed by atoms with Gasteiger partial charge in [-0.15, -0.1) is 0 Å². The van der Waals surface area contributed by atoms with Crippen molar-refractivity contribution in [3.63, 3.8) is 0 Å². The lowest BCUT2D eigenvalue weighted by Crippen LogP contribution is -2.43. The number of aromatic nitrogens is 1. The number of amides is 1. The molecule has 1 amide bonds. The first-order valence-electron chi connectivity index (χ1n) is 10.7. The van der Waals surface area contributed by atoms with Crippen LogP contribution in [-0.4, -0.2) is 66.9 Å². The topological polar surface area (TPSA) is 77.3 Å². The zero-order valence-corrected chi connectivity index (χ0v) is 17.7. The van der Waals surface area contributed by atoms with E-state index in [1.165, 1.54) is 6.39 Å². The molecular weight excluding hydrogens is 410 g/mol. The number of hydrogen-bond donors (Lipinski definition) is 0. The van der Waals surface area contributed by atoms with Gasteiger partial charge < -0.3 is 23.5 Å². The summed E-state index contributed by atoms with van der Waals surface area (Å²) in [7, 11) is 0. The third-order valence-corrected chi connectivity index (χ3v) is 5.69. The number of rotatable bonds is 7. The first-order valence-corrected chi connectivity index (χ1v) is 10.7. The number of fused-ring (bicyclic) bond motifs is 1. The van der Waals surface area contributed by atoms with E-state index in [0.717, 1.165) is 49.7 Å². The molecule has 0 bridgehead atoms. The van der Waals surface area contributed by atoms with E-state index in [-0.39, 0.29) is 12.7 Å². The Balaban J connectivity index is 1.39. The molecule has 0 saturated carbocycles. The van der Waals surface area contributed by atoms with Gasteiger partial charge in [-0.2, -0.15) is 0 Å². The second kappa shape index (κ2) is 9.42. The minimum Gasteiger partial charge on any atom is -0.454 e. The van der Waals surface area contributed by atoms with Crippen molar-refractivity contribution in [2.75, 3.05) is 46.2 Å². The zero-order valence-electron chi connectivity index (χ0n) is 17.7. The molecule has 0 atom stereocenters. The maximum absolute atomic E-state index is 13.6. The minimum absolute atomic E-state index is 0.163. The lowest BCUT2D eigenvalue weighted by molar-refractivity contribution is 0.0319. The number of ether oxygens (including phenoxy) is 3. The molecule has 32 heavy (non-hydrogen) atoms. The van der Waals surface area contributed by atoms with Gasteiger partial charge in [-0.25, -0.2) is 4.98 Å². The fourth-order valence-corrected chi connectivity index (χ4v) is 3.94. The number of nitrogens with zero attached hydrogens (tertiary/aromatic N) is 3. The maximum atomic E-state index is 13.6. The van der Waals surface area contributed by atoms with Gasteiger partial charge in [-0.1, -0.05) is 36.4 Å². The Morgan fingerprint density at radius 1 is 1.03 bits per heavy atom. The average molecular weight is 435 g/mol. The number of morpholine rings is 1. The Hall–Kier alpha value is -3.36. The molecule has 166 valence electrons. The summed E-state index contributed by atoms with van der Waals surface area (Å²) < 4.78 is 22.0. The second-order valence-electron chi connectivity index (χ2n) is 7.76. The molecule has 2 aliphatic rings. The van der Waals surface area contributed by atoms with Gasteiger partial charge in [-0.3, -0.25) is 9.69 Å². The highest BCUT2D eigenvalue weighted by molar-refractivity contribution is 5.97. The van der Waals surface area contributed by atoms with Gasteiger partial charge in [0, 0.05) is 38.3 Å². The summed E-state index contributed by atoms with van der Waals surface area (Å²) in [6, 6.07) is 15.3. The van der Waals surface area contributed by atoms with E-state index in [0.29, 0.717) is 30.3 Å². The molecule has 0 radical (unpaired) electrons. The molecule has 1 aromatic heterocycles. The predicted octanol–water partition coefficient (Wildman–Crippen LogP) is 3.04. The number of carbonyl (C=O) groups is 1. The van der Waals surface area contributed by atoms with Gasteiger partial charge >= 0.3 is 0 Å². The van der Waals surface area contributed by atoms with E-state index in [1.54, 1.807) is 0 Å². The molecular formula is C24H25N3O5. The number of oxazole rings is 1. The first-order chi connectivity index (χ1) is 15.8. The molecule has 3 heterocycles. The van der Waals surface area contributed by atoms with Crippen LogP contribution in [0.15, 0.2) is 59.3 Å². The van der Waals surface area contributed by atoms with Crippen LogP contribution in [0.3, 0.4) is 0 Å². The maximum Gasteiger partial charge on any atom is 0.276 e. The molecule has 0 N–H and O–H groups in total. The molecule has 3 aromatic rings. The van der Waals surface area contributed by atoms with Crippen molar-refractivity contribution >= 4 is 5.91 Å². The van der Waals surface area contributed by atoms with Crippen LogP contribution in [0.25, 0.3) is 11.3 Å². The summed E-state index contributed by atoms with van der Waals surface area (Å²) >= 11 is 0. The SMILES string of the molecule is O=C(c1ncoc1-c1ccccc1)N(CCN1CCOCC1)Cc1ccc2c(c1)OCO2. The van der Waals surface area contributed by atoms with Crippen LogP contribution in [0, 0.1) is 0 Å². The standard InChI is InChI=1S/C24H25N3O5/c28-24(22-23(30-16-25-22)19-4-2-1-3-5-19)27(9-8-26-10-12-29-13-11-26)15-18-6-7-20-21(14-18)32-17-31-20/h1-7,14,16H,8-13,15,17H2. The van der Waals surface area contributed by atoms with Crippen molar-refractivity contribution in [2.24, 2.45) is 0 Å². The van der Waals surface area contributed by atoms with E-state index in [9.17, 15) is 4.79 Å². The van der Waals surface area contributed by atoms with Gasteiger partial charge in [0.2, 0.25) is 6.79 Å². The largest absolute Gasteiger partial charge is 0.454 e. The van der Waals surface area contributed by atoms with E-state index in [4.69, 9.17) is 18.6 Å². The van der Waals surface area contributed by atoms with Crippen LogP contribution in [-0.2, 0) is 11.3 Å². The average Bonchev–Trinajstić information content (AvgIpc) is 3.52. The van der Waals surface area contributed by atoms with Crippen LogP contribution in [0.1, 0.15) is 16.1 Å². The van der Waals surface area contributed by atoms with Gasteiger partial charge in [0.25, 0.3) is 5.91 Å². The highest BCUT2D eigenvalue weighted by atomic mass is 16.7. The van der Waals surface area contributed by atoms with E-state index in [2.05, 4.69) is 9.88 Å².